The zero-order valence-electron chi connectivity index (χ0n) is 18.4. The second kappa shape index (κ2) is 8.07. The molecule has 35 heavy (non-hydrogen) atoms. The zero-order valence-corrected chi connectivity index (χ0v) is 18.4. The summed E-state index contributed by atoms with van der Waals surface area (Å²) in [6.45, 7) is 0. The summed E-state index contributed by atoms with van der Waals surface area (Å²) in [5.41, 5.74) is 1.60. The Balaban J connectivity index is 1.50. The van der Waals surface area contributed by atoms with Crippen molar-refractivity contribution in [2.45, 2.75) is 12.1 Å². The highest BCUT2D eigenvalue weighted by molar-refractivity contribution is 6.26. The fourth-order valence-corrected chi connectivity index (χ4v) is 5.12. The highest BCUT2D eigenvalue weighted by atomic mass is 16.7. The zero-order chi connectivity index (χ0) is 24.1. The van der Waals surface area contributed by atoms with E-state index in [1.807, 2.05) is 48.5 Å². The van der Waals surface area contributed by atoms with Gasteiger partial charge in [-0.2, -0.15) is 0 Å². The van der Waals surface area contributed by atoms with Crippen LogP contribution >= 0.6 is 0 Å². The molecule has 0 spiro atoms. The molecule has 0 aliphatic carbocycles. The van der Waals surface area contributed by atoms with Crippen molar-refractivity contribution in [3.05, 3.63) is 108 Å². The molecule has 4 aromatic rings. The standard InChI is InChI=1S/C28H20N2O5/c31-26-23-24(20-14-6-7-15-21(20)28(33)34)30(18-11-2-1-3-12-18)35-25(23)27(32)29(26)22-16-8-10-17-9-4-5-13-19(17)22/h1-16,23-25H,(H,33,34)/t23-,24-,25-/m1/s1. The van der Waals surface area contributed by atoms with Gasteiger partial charge in [0.25, 0.3) is 5.91 Å². The third-order valence-corrected chi connectivity index (χ3v) is 6.64. The summed E-state index contributed by atoms with van der Waals surface area (Å²) in [5, 5.41) is 13.1. The molecule has 2 aliphatic heterocycles. The Labute approximate surface area is 200 Å². The third kappa shape index (κ3) is 3.20. The van der Waals surface area contributed by atoms with Gasteiger partial charge < -0.3 is 5.11 Å². The SMILES string of the molecule is O=C(O)c1ccccc1[C@@H]1[C@H]2C(=O)N(c3cccc4ccccc34)C(=O)[C@@H]2ON1c1ccccc1. The molecule has 0 unspecified atom stereocenters. The number of rotatable bonds is 4. The van der Waals surface area contributed by atoms with Crippen molar-refractivity contribution >= 4 is 39.9 Å². The molecule has 2 fully saturated rings. The summed E-state index contributed by atoms with van der Waals surface area (Å²) in [5.74, 6) is -2.91. The van der Waals surface area contributed by atoms with Crippen molar-refractivity contribution < 1.29 is 24.3 Å². The number of fused-ring (bicyclic) bond motifs is 2. The van der Waals surface area contributed by atoms with Crippen LogP contribution in [0.5, 0.6) is 0 Å². The van der Waals surface area contributed by atoms with Gasteiger partial charge in [-0.05, 0) is 35.2 Å². The van der Waals surface area contributed by atoms with Crippen molar-refractivity contribution in [1.82, 2.24) is 0 Å². The number of nitrogens with zero attached hydrogens (tertiary/aromatic N) is 2. The number of hydrogen-bond donors (Lipinski definition) is 1. The van der Waals surface area contributed by atoms with Crippen LogP contribution in [-0.4, -0.2) is 29.0 Å². The van der Waals surface area contributed by atoms with Crippen LogP contribution in [0.4, 0.5) is 11.4 Å². The molecule has 2 aliphatic rings. The molecule has 4 aromatic carbocycles. The topological polar surface area (TPSA) is 87.2 Å². The number of carboxylic acid groups (broad SMARTS) is 1. The largest absolute Gasteiger partial charge is 0.478 e. The first kappa shape index (κ1) is 21.1. The van der Waals surface area contributed by atoms with Crippen LogP contribution < -0.4 is 9.96 Å². The van der Waals surface area contributed by atoms with E-state index in [2.05, 4.69) is 0 Å². The van der Waals surface area contributed by atoms with Gasteiger partial charge in [0, 0.05) is 5.39 Å². The number of hydrogen-bond acceptors (Lipinski definition) is 5. The Kier molecular flexibility index (Phi) is 4.86. The van der Waals surface area contributed by atoms with Gasteiger partial charge in [0.2, 0.25) is 5.91 Å². The van der Waals surface area contributed by atoms with Crippen molar-refractivity contribution in [2.75, 3.05) is 9.96 Å². The number of anilines is 2. The van der Waals surface area contributed by atoms with Crippen LogP contribution in [0.2, 0.25) is 0 Å². The van der Waals surface area contributed by atoms with Gasteiger partial charge in [-0.25, -0.2) is 14.8 Å². The Morgan fingerprint density at radius 2 is 1.46 bits per heavy atom. The van der Waals surface area contributed by atoms with Crippen LogP contribution in [-0.2, 0) is 14.4 Å². The van der Waals surface area contributed by atoms with Crippen LogP contribution in [0.15, 0.2) is 97.1 Å². The lowest BCUT2D eigenvalue weighted by Gasteiger charge is -2.29. The minimum absolute atomic E-state index is 0.0616. The van der Waals surface area contributed by atoms with E-state index >= 15 is 0 Å². The number of para-hydroxylation sites is 1. The summed E-state index contributed by atoms with van der Waals surface area (Å²) in [7, 11) is 0. The molecule has 2 saturated heterocycles. The molecule has 0 saturated carbocycles. The first-order chi connectivity index (χ1) is 17.1. The first-order valence-electron chi connectivity index (χ1n) is 11.2. The third-order valence-electron chi connectivity index (χ3n) is 6.64. The first-order valence-corrected chi connectivity index (χ1v) is 11.2. The van der Waals surface area contributed by atoms with Crippen molar-refractivity contribution in [3.8, 4) is 0 Å². The lowest BCUT2D eigenvalue weighted by Crippen LogP contribution is -2.37. The van der Waals surface area contributed by atoms with Gasteiger partial charge in [0.1, 0.15) is 5.92 Å². The Hall–Kier alpha value is -4.49. The van der Waals surface area contributed by atoms with Gasteiger partial charge >= 0.3 is 5.97 Å². The predicted octanol–water partition coefficient (Wildman–Crippen LogP) is 4.59. The summed E-state index contributed by atoms with van der Waals surface area (Å²) in [4.78, 5) is 47.0. The lowest BCUT2D eigenvalue weighted by molar-refractivity contribution is -0.126. The number of carbonyl (C=O) groups excluding carboxylic acids is 2. The molecular weight excluding hydrogens is 444 g/mol. The molecule has 3 atom stereocenters. The smallest absolute Gasteiger partial charge is 0.336 e. The average molecular weight is 464 g/mol. The molecule has 2 heterocycles. The van der Waals surface area contributed by atoms with E-state index in [1.165, 1.54) is 16.0 Å². The molecule has 2 amide bonds. The number of benzene rings is 4. The molecular formula is C28H20N2O5. The summed E-state index contributed by atoms with van der Waals surface area (Å²) in [6.07, 6.45) is -1.08. The number of amides is 2. The molecule has 7 nitrogen and oxygen atoms in total. The van der Waals surface area contributed by atoms with E-state index in [4.69, 9.17) is 4.84 Å². The monoisotopic (exact) mass is 464 g/mol. The Morgan fingerprint density at radius 3 is 2.26 bits per heavy atom. The second-order valence-corrected chi connectivity index (χ2v) is 8.56. The molecule has 6 rings (SSSR count). The van der Waals surface area contributed by atoms with Crippen molar-refractivity contribution in [3.63, 3.8) is 0 Å². The fraction of sp³-hybridized carbons (Fsp3) is 0.107. The van der Waals surface area contributed by atoms with Gasteiger partial charge in [-0.15, -0.1) is 0 Å². The van der Waals surface area contributed by atoms with E-state index in [0.717, 1.165) is 10.8 Å². The van der Waals surface area contributed by atoms with Gasteiger partial charge in [-0.1, -0.05) is 72.8 Å². The maximum atomic E-state index is 13.9. The highest BCUT2D eigenvalue weighted by Gasteiger charge is 2.60. The summed E-state index contributed by atoms with van der Waals surface area (Å²) >= 11 is 0. The van der Waals surface area contributed by atoms with Crippen LogP contribution in [0.25, 0.3) is 10.8 Å². The average Bonchev–Trinajstić information content (AvgIpc) is 3.40. The van der Waals surface area contributed by atoms with Crippen LogP contribution in [0.3, 0.4) is 0 Å². The minimum Gasteiger partial charge on any atom is -0.478 e. The minimum atomic E-state index is -1.11. The highest BCUT2D eigenvalue weighted by Crippen LogP contribution is 2.48. The maximum Gasteiger partial charge on any atom is 0.336 e. The fourth-order valence-electron chi connectivity index (χ4n) is 5.12. The Morgan fingerprint density at radius 1 is 0.771 bits per heavy atom. The van der Waals surface area contributed by atoms with Crippen LogP contribution in [0, 0.1) is 5.92 Å². The lowest BCUT2D eigenvalue weighted by atomic mass is 9.88. The van der Waals surface area contributed by atoms with E-state index < -0.39 is 35.8 Å². The van der Waals surface area contributed by atoms with Crippen molar-refractivity contribution in [2.24, 2.45) is 5.92 Å². The molecule has 0 bridgehead atoms. The quantitative estimate of drug-likeness (QED) is 0.445. The van der Waals surface area contributed by atoms with Gasteiger partial charge in [0.05, 0.1) is 23.0 Å². The maximum absolute atomic E-state index is 13.9. The Bertz CT molecular complexity index is 1480. The van der Waals surface area contributed by atoms with Crippen LogP contribution in [0.1, 0.15) is 22.0 Å². The molecule has 172 valence electrons. The number of aromatic carboxylic acids is 1. The summed E-state index contributed by atoms with van der Waals surface area (Å²) in [6, 6.07) is 27.8. The van der Waals surface area contributed by atoms with E-state index in [0.29, 0.717) is 16.9 Å². The normalized spacial score (nSPS) is 21.5. The van der Waals surface area contributed by atoms with Gasteiger partial charge in [-0.3, -0.25) is 14.4 Å². The number of imide groups is 1. The van der Waals surface area contributed by atoms with Gasteiger partial charge in [0.15, 0.2) is 6.10 Å². The second-order valence-electron chi connectivity index (χ2n) is 8.56. The molecule has 7 heteroatoms. The van der Waals surface area contributed by atoms with E-state index in [-0.39, 0.29) is 5.56 Å². The van der Waals surface area contributed by atoms with E-state index in [9.17, 15) is 19.5 Å². The molecule has 0 aromatic heterocycles. The summed E-state index contributed by atoms with van der Waals surface area (Å²) < 4.78 is 0. The molecule has 1 N–H and O–H groups in total. The predicted molar refractivity (Wildman–Crippen MR) is 130 cm³/mol. The van der Waals surface area contributed by atoms with Crippen molar-refractivity contribution in [1.29, 1.82) is 0 Å². The number of hydroxylamine groups is 1. The molecule has 0 radical (unpaired) electrons. The number of carbonyl (C=O) groups is 3. The van der Waals surface area contributed by atoms with E-state index in [1.54, 1.807) is 42.5 Å². The number of carboxylic acids is 1.